The lowest BCUT2D eigenvalue weighted by Gasteiger charge is -2.37. The van der Waals surface area contributed by atoms with Gasteiger partial charge in [-0.05, 0) is 22.9 Å². The Morgan fingerprint density at radius 1 is 1.12 bits per heavy atom. The molecule has 0 spiro atoms. The number of fused-ring (bicyclic) bond motifs is 1. The Kier molecular flexibility index (Phi) is 2.52. The van der Waals surface area contributed by atoms with E-state index in [4.69, 9.17) is 9.47 Å². The topological polar surface area (TPSA) is 18.5 Å². The molecule has 2 nitrogen and oxygen atoms in total. The van der Waals surface area contributed by atoms with Crippen LogP contribution in [0.15, 0.2) is 42.5 Å². The Labute approximate surface area is 101 Å². The first-order valence-corrected chi connectivity index (χ1v) is 5.95. The predicted molar refractivity (Wildman–Crippen MR) is 68.4 cm³/mol. The summed E-state index contributed by atoms with van der Waals surface area (Å²) >= 11 is 0. The monoisotopic (exact) mass is 228 g/mol. The average molecular weight is 228 g/mol. The average Bonchev–Trinajstić information content (AvgIpc) is 2.34. The standard InChI is InChI=1S/C15H16O2/c1-15(9-16-10-15)11-17-14-7-6-12-4-2-3-5-13(12)8-14/h2-8H,9-11H2,1H3. The van der Waals surface area contributed by atoms with E-state index in [2.05, 4.69) is 37.3 Å². The molecule has 17 heavy (non-hydrogen) atoms. The molecule has 3 rings (SSSR count). The van der Waals surface area contributed by atoms with Gasteiger partial charge in [-0.1, -0.05) is 37.3 Å². The van der Waals surface area contributed by atoms with Crippen LogP contribution in [0.4, 0.5) is 0 Å². The van der Waals surface area contributed by atoms with Gasteiger partial charge >= 0.3 is 0 Å². The van der Waals surface area contributed by atoms with Crippen LogP contribution in [-0.2, 0) is 4.74 Å². The molecule has 2 aromatic rings. The van der Waals surface area contributed by atoms with Crippen LogP contribution in [0.2, 0.25) is 0 Å². The van der Waals surface area contributed by atoms with E-state index >= 15 is 0 Å². The van der Waals surface area contributed by atoms with Gasteiger partial charge in [0.05, 0.1) is 19.8 Å². The van der Waals surface area contributed by atoms with Crippen LogP contribution < -0.4 is 4.74 Å². The molecule has 0 radical (unpaired) electrons. The maximum absolute atomic E-state index is 5.84. The van der Waals surface area contributed by atoms with Gasteiger partial charge in [0.2, 0.25) is 0 Å². The van der Waals surface area contributed by atoms with Gasteiger partial charge in [0.1, 0.15) is 5.75 Å². The second-order valence-electron chi connectivity index (χ2n) is 5.10. The van der Waals surface area contributed by atoms with E-state index in [9.17, 15) is 0 Å². The molecule has 0 atom stereocenters. The third kappa shape index (κ3) is 2.13. The highest BCUT2D eigenvalue weighted by Crippen LogP contribution is 2.28. The van der Waals surface area contributed by atoms with Crippen LogP contribution in [-0.4, -0.2) is 19.8 Å². The van der Waals surface area contributed by atoms with Crippen LogP contribution in [0.5, 0.6) is 5.75 Å². The zero-order valence-corrected chi connectivity index (χ0v) is 9.98. The molecule has 88 valence electrons. The summed E-state index contributed by atoms with van der Waals surface area (Å²) in [5.74, 6) is 0.942. The predicted octanol–water partition coefficient (Wildman–Crippen LogP) is 3.26. The fourth-order valence-electron chi connectivity index (χ4n) is 2.05. The Hall–Kier alpha value is -1.54. The van der Waals surface area contributed by atoms with E-state index in [1.165, 1.54) is 10.8 Å². The van der Waals surface area contributed by atoms with E-state index in [-0.39, 0.29) is 5.41 Å². The summed E-state index contributed by atoms with van der Waals surface area (Å²) in [6.07, 6.45) is 0. The van der Waals surface area contributed by atoms with Gasteiger partial charge in [0, 0.05) is 5.41 Å². The lowest BCUT2D eigenvalue weighted by molar-refractivity contribution is -0.120. The molecule has 0 unspecified atom stereocenters. The van der Waals surface area contributed by atoms with Gasteiger partial charge in [-0.2, -0.15) is 0 Å². The van der Waals surface area contributed by atoms with Crippen molar-refractivity contribution in [3.63, 3.8) is 0 Å². The Balaban J connectivity index is 1.76. The largest absolute Gasteiger partial charge is 0.493 e. The van der Waals surface area contributed by atoms with Crippen LogP contribution >= 0.6 is 0 Å². The summed E-state index contributed by atoms with van der Waals surface area (Å²) in [5.41, 5.74) is 0.200. The number of benzene rings is 2. The maximum Gasteiger partial charge on any atom is 0.119 e. The smallest absolute Gasteiger partial charge is 0.119 e. The molecular weight excluding hydrogens is 212 g/mol. The van der Waals surface area contributed by atoms with Crippen molar-refractivity contribution < 1.29 is 9.47 Å². The first-order valence-electron chi connectivity index (χ1n) is 5.95. The fourth-order valence-corrected chi connectivity index (χ4v) is 2.05. The normalized spacial score (nSPS) is 17.7. The SMILES string of the molecule is CC1(COc2ccc3ccccc3c2)COC1. The van der Waals surface area contributed by atoms with Gasteiger partial charge in [0.15, 0.2) is 0 Å². The molecule has 0 amide bonds. The molecular formula is C15H16O2. The van der Waals surface area contributed by atoms with Gasteiger partial charge < -0.3 is 9.47 Å². The number of rotatable bonds is 3. The highest BCUT2D eigenvalue weighted by molar-refractivity contribution is 5.83. The quantitative estimate of drug-likeness (QED) is 0.802. The van der Waals surface area contributed by atoms with E-state index in [0.717, 1.165) is 25.6 Å². The van der Waals surface area contributed by atoms with Crippen LogP contribution in [0.1, 0.15) is 6.92 Å². The zero-order valence-electron chi connectivity index (χ0n) is 9.98. The summed E-state index contributed by atoms with van der Waals surface area (Å²) in [5, 5.41) is 2.47. The molecule has 0 N–H and O–H groups in total. The molecule has 0 saturated carbocycles. The second-order valence-corrected chi connectivity index (χ2v) is 5.10. The highest BCUT2D eigenvalue weighted by atomic mass is 16.5. The Bertz CT molecular complexity index is 529. The molecule has 0 aliphatic carbocycles. The molecule has 1 aliphatic heterocycles. The molecule has 0 aromatic heterocycles. The minimum Gasteiger partial charge on any atom is -0.493 e. The lowest BCUT2D eigenvalue weighted by atomic mass is 9.90. The summed E-state index contributed by atoms with van der Waals surface area (Å²) in [6, 6.07) is 14.5. The lowest BCUT2D eigenvalue weighted by Crippen LogP contribution is -2.44. The van der Waals surface area contributed by atoms with Gasteiger partial charge in [-0.15, -0.1) is 0 Å². The number of ether oxygens (including phenoxy) is 2. The third-order valence-electron chi connectivity index (χ3n) is 3.21. The molecule has 0 bridgehead atoms. The highest BCUT2D eigenvalue weighted by Gasteiger charge is 2.34. The van der Waals surface area contributed by atoms with Crippen LogP contribution in [0.25, 0.3) is 10.8 Å². The first kappa shape index (κ1) is 10.6. The van der Waals surface area contributed by atoms with E-state index in [0.29, 0.717) is 0 Å². The minimum absolute atomic E-state index is 0.200. The van der Waals surface area contributed by atoms with Crippen molar-refractivity contribution in [1.82, 2.24) is 0 Å². The van der Waals surface area contributed by atoms with E-state index in [1.807, 2.05) is 12.1 Å². The molecule has 1 aliphatic rings. The molecule has 1 saturated heterocycles. The van der Waals surface area contributed by atoms with Crippen LogP contribution in [0, 0.1) is 5.41 Å². The van der Waals surface area contributed by atoms with Crippen molar-refractivity contribution in [2.24, 2.45) is 5.41 Å². The van der Waals surface area contributed by atoms with Crippen molar-refractivity contribution in [2.75, 3.05) is 19.8 Å². The van der Waals surface area contributed by atoms with Gasteiger partial charge in [0.25, 0.3) is 0 Å². The molecule has 1 heterocycles. The molecule has 1 fully saturated rings. The van der Waals surface area contributed by atoms with E-state index < -0.39 is 0 Å². The van der Waals surface area contributed by atoms with Crippen LogP contribution in [0.3, 0.4) is 0 Å². The fraction of sp³-hybridized carbons (Fsp3) is 0.333. The van der Waals surface area contributed by atoms with Gasteiger partial charge in [-0.3, -0.25) is 0 Å². The third-order valence-corrected chi connectivity index (χ3v) is 3.21. The number of hydrogen-bond donors (Lipinski definition) is 0. The Morgan fingerprint density at radius 3 is 2.59 bits per heavy atom. The number of hydrogen-bond acceptors (Lipinski definition) is 2. The Morgan fingerprint density at radius 2 is 1.88 bits per heavy atom. The summed E-state index contributed by atoms with van der Waals surface area (Å²) in [7, 11) is 0. The summed E-state index contributed by atoms with van der Waals surface area (Å²) < 4.78 is 11.1. The second kappa shape index (κ2) is 4.04. The summed E-state index contributed by atoms with van der Waals surface area (Å²) in [4.78, 5) is 0. The van der Waals surface area contributed by atoms with Crippen molar-refractivity contribution in [3.05, 3.63) is 42.5 Å². The molecule has 2 heteroatoms. The minimum atomic E-state index is 0.200. The zero-order chi connectivity index (χ0) is 11.7. The van der Waals surface area contributed by atoms with Crippen molar-refractivity contribution >= 4 is 10.8 Å². The first-order chi connectivity index (χ1) is 8.25. The maximum atomic E-state index is 5.84. The van der Waals surface area contributed by atoms with Gasteiger partial charge in [-0.25, -0.2) is 0 Å². The van der Waals surface area contributed by atoms with Crippen molar-refractivity contribution in [3.8, 4) is 5.75 Å². The molecule has 2 aromatic carbocycles. The van der Waals surface area contributed by atoms with E-state index in [1.54, 1.807) is 0 Å². The summed E-state index contributed by atoms with van der Waals surface area (Å²) in [6.45, 7) is 4.53. The van der Waals surface area contributed by atoms with Crippen molar-refractivity contribution in [2.45, 2.75) is 6.92 Å². The van der Waals surface area contributed by atoms with Crippen molar-refractivity contribution in [1.29, 1.82) is 0 Å².